The van der Waals surface area contributed by atoms with E-state index in [0.29, 0.717) is 13.0 Å². The van der Waals surface area contributed by atoms with Crippen LogP contribution < -0.4 is 5.32 Å². The maximum absolute atomic E-state index is 11.9. The average molecular weight is 236 g/mol. The third kappa shape index (κ3) is 3.22. The van der Waals surface area contributed by atoms with E-state index in [4.69, 9.17) is 0 Å². The number of aryl methyl sites for hydroxylation is 1. The normalized spacial score (nSPS) is 15.9. The van der Waals surface area contributed by atoms with Crippen LogP contribution in [0.4, 0.5) is 5.95 Å². The van der Waals surface area contributed by atoms with E-state index in [9.17, 15) is 4.79 Å². The van der Waals surface area contributed by atoms with Gasteiger partial charge in [0.15, 0.2) is 0 Å². The van der Waals surface area contributed by atoms with E-state index in [1.165, 1.54) is 6.42 Å². The molecule has 94 valence electrons. The molecule has 2 heterocycles. The van der Waals surface area contributed by atoms with Crippen molar-refractivity contribution in [1.82, 2.24) is 14.5 Å². The molecule has 1 aliphatic rings. The number of nitrogens with one attached hydrogen (secondary N) is 1. The second-order valence-electron chi connectivity index (χ2n) is 4.48. The van der Waals surface area contributed by atoms with Gasteiger partial charge in [0, 0.05) is 45.5 Å². The van der Waals surface area contributed by atoms with Crippen molar-refractivity contribution in [1.29, 1.82) is 0 Å². The van der Waals surface area contributed by atoms with Crippen molar-refractivity contribution < 1.29 is 4.79 Å². The first-order valence-electron chi connectivity index (χ1n) is 6.26. The van der Waals surface area contributed by atoms with Gasteiger partial charge < -0.3 is 14.8 Å². The van der Waals surface area contributed by atoms with Gasteiger partial charge in [0.05, 0.1) is 0 Å². The smallest absolute Gasteiger partial charge is 0.224 e. The highest BCUT2D eigenvalue weighted by Crippen LogP contribution is 2.10. The summed E-state index contributed by atoms with van der Waals surface area (Å²) in [5, 5.41) is 3.17. The monoisotopic (exact) mass is 236 g/mol. The summed E-state index contributed by atoms with van der Waals surface area (Å²) in [6.07, 6.45) is 7.74. The summed E-state index contributed by atoms with van der Waals surface area (Å²) in [4.78, 5) is 18.0. The van der Waals surface area contributed by atoms with E-state index < -0.39 is 0 Å². The zero-order valence-corrected chi connectivity index (χ0v) is 10.4. The molecule has 2 rings (SSSR count). The number of nitrogens with zero attached hydrogens (tertiary/aromatic N) is 3. The van der Waals surface area contributed by atoms with E-state index in [2.05, 4.69) is 10.3 Å². The fraction of sp³-hybridized carbons (Fsp3) is 0.667. The molecule has 0 spiro atoms. The fourth-order valence-corrected chi connectivity index (χ4v) is 2.12. The highest BCUT2D eigenvalue weighted by Gasteiger charge is 2.15. The van der Waals surface area contributed by atoms with Crippen LogP contribution in [0.15, 0.2) is 12.4 Å². The molecule has 0 aromatic carbocycles. The summed E-state index contributed by atoms with van der Waals surface area (Å²) in [7, 11) is 1.93. The highest BCUT2D eigenvalue weighted by atomic mass is 16.2. The van der Waals surface area contributed by atoms with Gasteiger partial charge in [0.1, 0.15) is 0 Å². The van der Waals surface area contributed by atoms with E-state index in [1.54, 1.807) is 6.20 Å². The lowest BCUT2D eigenvalue weighted by Crippen LogP contribution is -2.36. The van der Waals surface area contributed by atoms with Gasteiger partial charge in [-0.3, -0.25) is 4.79 Å². The van der Waals surface area contributed by atoms with Gasteiger partial charge >= 0.3 is 0 Å². The van der Waals surface area contributed by atoms with Crippen LogP contribution in [0.3, 0.4) is 0 Å². The van der Waals surface area contributed by atoms with Gasteiger partial charge in [-0.15, -0.1) is 0 Å². The summed E-state index contributed by atoms with van der Waals surface area (Å²) in [6.45, 7) is 2.52. The van der Waals surface area contributed by atoms with E-state index >= 15 is 0 Å². The number of piperidine rings is 1. The lowest BCUT2D eigenvalue weighted by atomic mass is 10.1. The Bertz CT molecular complexity index is 368. The Morgan fingerprint density at radius 1 is 1.41 bits per heavy atom. The van der Waals surface area contributed by atoms with E-state index in [0.717, 1.165) is 31.9 Å². The van der Waals surface area contributed by atoms with Crippen molar-refractivity contribution in [3.8, 4) is 0 Å². The second-order valence-corrected chi connectivity index (χ2v) is 4.48. The number of hydrogen-bond donors (Lipinski definition) is 1. The van der Waals surface area contributed by atoms with Crippen molar-refractivity contribution in [3.05, 3.63) is 12.4 Å². The number of rotatable bonds is 4. The fourth-order valence-electron chi connectivity index (χ4n) is 2.12. The second kappa shape index (κ2) is 5.70. The number of aromatic nitrogens is 2. The summed E-state index contributed by atoms with van der Waals surface area (Å²) in [5.41, 5.74) is 0. The minimum Gasteiger partial charge on any atom is -0.355 e. The molecule has 1 N–H and O–H groups in total. The Balaban J connectivity index is 1.71. The van der Waals surface area contributed by atoms with Crippen molar-refractivity contribution in [2.24, 2.45) is 7.05 Å². The Labute approximate surface area is 102 Å². The van der Waals surface area contributed by atoms with Crippen LogP contribution >= 0.6 is 0 Å². The Morgan fingerprint density at radius 2 is 2.18 bits per heavy atom. The molecule has 1 aromatic rings. The van der Waals surface area contributed by atoms with Crippen molar-refractivity contribution in [3.63, 3.8) is 0 Å². The highest BCUT2D eigenvalue weighted by molar-refractivity contribution is 5.76. The number of carbonyl (C=O) groups is 1. The molecule has 0 bridgehead atoms. The predicted octanol–water partition coefficient (Wildman–Crippen LogP) is 1.23. The van der Waals surface area contributed by atoms with E-state index in [1.807, 2.05) is 22.7 Å². The summed E-state index contributed by atoms with van der Waals surface area (Å²) in [6, 6.07) is 0. The van der Waals surface area contributed by atoms with Gasteiger partial charge in [-0.1, -0.05) is 0 Å². The standard InChI is InChI=1S/C12H20N4O/c1-15-10-7-14-12(15)13-6-5-11(17)16-8-3-2-4-9-16/h7,10H,2-6,8-9H2,1H3,(H,13,14). The molecule has 0 aliphatic carbocycles. The third-order valence-electron chi connectivity index (χ3n) is 3.15. The van der Waals surface area contributed by atoms with Gasteiger partial charge in [-0.05, 0) is 19.3 Å². The number of amides is 1. The molecule has 17 heavy (non-hydrogen) atoms. The van der Waals surface area contributed by atoms with Gasteiger partial charge in [-0.25, -0.2) is 4.98 Å². The molecule has 5 heteroatoms. The molecular formula is C12H20N4O. The maximum Gasteiger partial charge on any atom is 0.224 e. The molecule has 0 saturated carbocycles. The molecule has 0 unspecified atom stereocenters. The lowest BCUT2D eigenvalue weighted by molar-refractivity contribution is -0.131. The molecule has 1 amide bonds. The minimum atomic E-state index is 0.256. The first kappa shape index (κ1) is 12.0. The first-order valence-corrected chi connectivity index (χ1v) is 6.26. The first-order chi connectivity index (χ1) is 8.27. The summed E-state index contributed by atoms with van der Waals surface area (Å²) < 4.78 is 1.91. The SMILES string of the molecule is Cn1ccnc1NCCC(=O)N1CCCCC1. The third-order valence-corrected chi connectivity index (χ3v) is 3.15. The molecule has 1 aromatic heterocycles. The zero-order valence-electron chi connectivity index (χ0n) is 10.4. The number of anilines is 1. The molecule has 1 aliphatic heterocycles. The quantitative estimate of drug-likeness (QED) is 0.855. The van der Waals surface area contributed by atoms with Crippen LogP contribution in [0.2, 0.25) is 0 Å². The van der Waals surface area contributed by atoms with Crippen LogP contribution in [0.1, 0.15) is 25.7 Å². The topological polar surface area (TPSA) is 50.2 Å². The maximum atomic E-state index is 11.9. The minimum absolute atomic E-state index is 0.256. The number of carbonyl (C=O) groups excluding carboxylic acids is 1. The van der Waals surface area contributed by atoms with Crippen molar-refractivity contribution >= 4 is 11.9 Å². The predicted molar refractivity (Wildman–Crippen MR) is 66.7 cm³/mol. The van der Waals surface area contributed by atoms with Crippen LogP contribution in [-0.4, -0.2) is 40.0 Å². The van der Waals surface area contributed by atoms with Gasteiger partial charge in [0.2, 0.25) is 11.9 Å². The van der Waals surface area contributed by atoms with Gasteiger partial charge in [-0.2, -0.15) is 0 Å². The molecule has 0 radical (unpaired) electrons. The van der Waals surface area contributed by atoms with Crippen LogP contribution in [0, 0.1) is 0 Å². The molecule has 0 atom stereocenters. The Kier molecular flexibility index (Phi) is 4.01. The van der Waals surface area contributed by atoms with Crippen LogP contribution in [0.25, 0.3) is 0 Å². The van der Waals surface area contributed by atoms with Gasteiger partial charge in [0.25, 0.3) is 0 Å². The Morgan fingerprint density at radius 3 is 2.82 bits per heavy atom. The molecule has 1 saturated heterocycles. The zero-order chi connectivity index (χ0) is 12.1. The summed E-state index contributed by atoms with van der Waals surface area (Å²) in [5.74, 6) is 1.07. The van der Waals surface area contributed by atoms with E-state index in [-0.39, 0.29) is 5.91 Å². The largest absolute Gasteiger partial charge is 0.355 e. The molecular weight excluding hydrogens is 216 g/mol. The molecule has 1 fully saturated rings. The summed E-state index contributed by atoms with van der Waals surface area (Å²) >= 11 is 0. The van der Waals surface area contributed by atoms with Crippen LogP contribution in [-0.2, 0) is 11.8 Å². The van der Waals surface area contributed by atoms with Crippen molar-refractivity contribution in [2.45, 2.75) is 25.7 Å². The number of hydrogen-bond acceptors (Lipinski definition) is 3. The lowest BCUT2D eigenvalue weighted by Gasteiger charge is -2.26. The Hall–Kier alpha value is -1.52. The average Bonchev–Trinajstić information content (AvgIpc) is 2.76. The number of likely N-dealkylation sites (tertiary alicyclic amines) is 1. The van der Waals surface area contributed by atoms with Crippen molar-refractivity contribution in [2.75, 3.05) is 25.0 Å². The van der Waals surface area contributed by atoms with Crippen LogP contribution in [0.5, 0.6) is 0 Å². The molecule has 5 nitrogen and oxygen atoms in total. The number of imidazole rings is 1.